The van der Waals surface area contributed by atoms with Crippen molar-refractivity contribution in [2.75, 3.05) is 44.2 Å². The third kappa shape index (κ3) is 5.76. The molecule has 0 aliphatic carbocycles. The molecular formula is C25H30BrN7O4S. The first-order chi connectivity index (χ1) is 18.2. The predicted octanol–water partition coefficient (Wildman–Crippen LogP) is 2.99. The topological polar surface area (TPSA) is 131 Å². The molecule has 11 nitrogen and oxygen atoms in total. The Morgan fingerprint density at radius 3 is 2.39 bits per heavy atom. The second-order valence-corrected chi connectivity index (χ2v) is 12.0. The molecule has 0 unspecified atom stereocenters. The molecule has 202 valence electrons. The summed E-state index contributed by atoms with van der Waals surface area (Å²) in [5, 5.41) is 21.8. The van der Waals surface area contributed by atoms with Crippen molar-refractivity contribution in [3.05, 3.63) is 74.4 Å². The molecule has 0 amide bonds. The summed E-state index contributed by atoms with van der Waals surface area (Å²) in [7, 11) is -3.79. The van der Waals surface area contributed by atoms with Gasteiger partial charge in [0.15, 0.2) is 0 Å². The van der Waals surface area contributed by atoms with E-state index in [1.807, 2.05) is 41.1 Å². The van der Waals surface area contributed by atoms with E-state index in [4.69, 9.17) is 10.2 Å². The van der Waals surface area contributed by atoms with Gasteiger partial charge < -0.3 is 4.90 Å². The second kappa shape index (κ2) is 11.1. The summed E-state index contributed by atoms with van der Waals surface area (Å²) < 4.78 is 28.4. The molecule has 5 rings (SSSR count). The van der Waals surface area contributed by atoms with Crippen molar-refractivity contribution in [1.29, 1.82) is 0 Å². The third-order valence-corrected chi connectivity index (χ3v) is 8.77. The fraction of sp³-hybridized carbons (Fsp3) is 0.400. The zero-order valence-electron chi connectivity index (χ0n) is 20.9. The van der Waals surface area contributed by atoms with Crippen LogP contribution in [-0.4, -0.2) is 71.6 Å². The van der Waals surface area contributed by atoms with Crippen LogP contribution >= 0.6 is 15.9 Å². The SMILES string of the molecule is NS(=O)(=O)N1CCc2c(c(-c3ccc(Br)cc3)nn2CCCN2CCN(c3ccccc3[N+](=O)[O-])CC2)C1. The van der Waals surface area contributed by atoms with Crippen molar-refractivity contribution in [2.45, 2.75) is 25.9 Å². The number of piperazine rings is 1. The van der Waals surface area contributed by atoms with Crippen LogP contribution in [0.4, 0.5) is 11.4 Å². The molecule has 0 spiro atoms. The molecular weight excluding hydrogens is 574 g/mol. The fourth-order valence-electron chi connectivity index (χ4n) is 5.25. The van der Waals surface area contributed by atoms with Crippen LogP contribution in [0.15, 0.2) is 53.0 Å². The molecule has 0 bridgehead atoms. The molecule has 3 heterocycles. The molecule has 1 saturated heterocycles. The first-order valence-corrected chi connectivity index (χ1v) is 14.8. The smallest absolute Gasteiger partial charge is 0.292 e. The molecule has 2 N–H and O–H groups in total. The van der Waals surface area contributed by atoms with Crippen molar-refractivity contribution in [1.82, 2.24) is 19.0 Å². The van der Waals surface area contributed by atoms with E-state index in [1.54, 1.807) is 12.1 Å². The summed E-state index contributed by atoms with van der Waals surface area (Å²) in [6.07, 6.45) is 1.45. The van der Waals surface area contributed by atoms with Crippen LogP contribution < -0.4 is 10.0 Å². The molecule has 2 aliphatic heterocycles. The third-order valence-electron chi connectivity index (χ3n) is 7.21. The molecule has 38 heavy (non-hydrogen) atoms. The van der Waals surface area contributed by atoms with E-state index in [9.17, 15) is 18.5 Å². The second-order valence-electron chi connectivity index (χ2n) is 9.56. The molecule has 13 heteroatoms. The van der Waals surface area contributed by atoms with E-state index in [2.05, 4.69) is 25.7 Å². The van der Waals surface area contributed by atoms with E-state index in [1.165, 1.54) is 4.31 Å². The van der Waals surface area contributed by atoms with Crippen LogP contribution in [0.25, 0.3) is 11.3 Å². The van der Waals surface area contributed by atoms with Gasteiger partial charge in [0.2, 0.25) is 0 Å². The van der Waals surface area contributed by atoms with Crippen LogP contribution in [0, 0.1) is 10.1 Å². The summed E-state index contributed by atoms with van der Waals surface area (Å²) in [4.78, 5) is 15.5. The Labute approximate surface area is 230 Å². The molecule has 0 radical (unpaired) electrons. The van der Waals surface area contributed by atoms with Crippen LogP contribution in [0.2, 0.25) is 0 Å². The summed E-state index contributed by atoms with van der Waals surface area (Å²) in [6.45, 7) is 5.29. The number of nitro groups is 1. The monoisotopic (exact) mass is 603 g/mol. The summed E-state index contributed by atoms with van der Waals surface area (Å²) in [5.41, 5.74) is 4.51. The van der Waals surface area contributed by atoms with E-state index in [0.717, 1.165) is 72.7 Å². The van der Waals surface area contributed by atoms with Crippen molar-refractivity contribution < 1.29 is 13.3 Å². The number of nitrogens with two attached hydrogens (primary N) is 1. The highest BCUT2D eigenvalue weighted by Crippen LogP contribution is 2.32. The first-order valence-electron chi connectivity index (χ1n) is 12.5. The number of hydrogen-bond donors (Lipinski definition) is 1. The number of nitro benzene ring substituents is 1. The van der Waals surface area contributed by atoms with Gasteiger partial charge in [0.1, 0.15) is 5.69 Å². The molecule has 1 aromatic heterocycles. The predicted molar refractivity (Wildman–Crippen MR) is 149 cm³/mol. The van der Waals surface area contributed by atoms with Gasteiger partial charge in [-0.25, -0.2) is 5.14 Å². The number of halogens is 1. The number of fused-ring (bicyclic) bond motifs is 1. The van der Waals surface area contributed by atoms with E-state index >= 15 is 0 Å². The fourth-order valence-corrected chi connectivity index (χ4v) is 6.17. The number of hydrogen-bond acceptors (Lipinski definition) is 7. The molecule has 3 aromatic rings. The lowest BCUT2D eigenvalue weighted by atomic mass is 10.0. The van der Waals surface area contributed by atoms with E-state index in [0.29, 0.717) is 18.7 Å². The summed E-state index contributed by atoms with van der Waals surface area (Å²) >= 11 is 3.47. The maximum Gasteiger partial charge on any atom is 0.292 e. The van der Waals surface area contributed by atoms with Gasteiger partial charge in [0.25, 0.3) is 15.9 Å². The van der Waals surface area contributed by atoms with Crippen molar-refractivity contribution >= 4 is 37.5 Å². The van der Waals surface area contributed by atoms with Gasteiger partial charge in [0, 0.05) is 86.1 Å². The lowest BCUT2D eigenvalue weighted by Gasteiger charge is -2.35. The number of para-hydroxylation sites is 2. The lowest BCUT2D eigenvalue weighted by molar-refractivity contribution is -0.384. The van der Waals surface area contributed by atoms with Gasteiger partial charge in [-0.2, -0.15) is 17.8 Å². The average molecular weight is 605 g/mol. The Kier molecular flexibility index (Phi) is 7.82. The highest BCUT2D eigenvalue weighted by atomic mass is 79.9. The minimum Gasteiger partial charge on any atom is -0.363 e. The summed E-state index contributed by atoms with van der Waals surface area (Å²) in [5.74, 6) is 0. The highest BCUT2D eigenvalue weighted by molar-refractivity contribution is 9.10. The zero-order chi connectivity index (χ0) is 26.9. The normalized spacial score (nSPS) is 16.9. The van der Waals surface area contributed by atoms with Gasteiger partial charge in [-0.3, -0.25) is 19.7 Å². The minimum absolute atomic E-state index is 0.145. The first kappa shape index (κ1) is 26.8. The maximum atomic E-state index is 12.0. The quantitative estimate of drug-likeness (QED) is 0.309. The Morgan fingerprint density at radius 1 is 1.00 bits per heavy atom. The number of aryl methyl sites for hydroxylation is 1. The lowest BCUT2D eigenvalue weighted by Crippen LogP contribution is -2.47. The largest absolute Gasteiger partial charge is 0.363 e. The molecule has 0 atom stereocenters. The number of aromatic nitrogens is 2. The van der Waals surface area contributed by atoms with Gasteiger partial charge in [-0.05, 0) is 24.6 Å². The minimum atomic E-state index is -3.79. The molecule has 2 aliphatic rings. The molecule has 2 aromatic carbocycles. The highest BCUT2D eigenvalue weighted by Gasteiger charge is 2.30. The Bertz CT molecular complexity index is 1420. The Morgan fingerprint density at radius 2 is 1.71 bits per heavy atom. The maximum absolute atomic E-state index is 12.0. The van der Waals surface area contributed by atoms with Crippen molar-refractivity contribution in [2.24, 2.45) is 5.14 Å². The standard InChI is InChI=1S/C25H30BrN7O4S/c26-20-8-6-19(7-9-20)25-21-18-31(38(27,36)37)13-10-22(21)32(28-25)12-3-11-29-14-16-30(17-15-29)23-4-1-2-5-24(23)33(34)35/h1-2,4-9H,3,10-18H2,(H2,27,36,37). The summed E-state index contributed by atoms with van der Waals surface area (Å²) in [6, 6.07) is 14.7. The Balaban J connectivity index is 1.25. The number of rotatable bonds is 8. The van der Waals surface area contributed by atoms with E-state index < -0.39 is 10.2 Å². The van der Waals surface area contributed by atoms with Gasteiger partial charge in [-0.15, -0.1) is 0 Å². The van der Waals surface area contributed by atoms with Crippen LogP contribution in [0.5, 0.6) is 0 Å². The Hall–Kier alpha value is -2.84. The van der Waals surface area contributed by atoms with Gasteiger partial charge >= 0.3 is 0 Å². The van der Waals surface area contributed by atoms with E-state index in [-0.39, 0.29) is 17.2 Å². The number of nitrogens with zero attached hydrogens (tertiary/aromatic N) is 6. The number of benzene rings is 2. The van der Waals surface area contributed by atoms with Crippen LogP contribution in [0.3, 0.4) is 0 Å². The van der Waals surface area contributed by atoms with Crippen molar-refractivity contribution in [3.8, 4) is 11.3 Å². The van der Waals surface area contributed by atoms with Gasteiger partial charge in [-0.1, -0.05) is 40.2 Å². The number of anilines is 1. The van der Waals surface area contributed by atoms with Gasteiger partial charge in [0.05, 0.1) is 10.6 Å². The molecule has 1 fully saturated rings. The average Bonchev–Trinajstić information content (AvgIpc) is 3.27. The van der Waals surface area contributed by atoms with Crippen LogP contribution in [0.1, 0.15) is 17.7 Å². The molecule has 0 saturated carbocycles. The zero-order valence-corrected chi connectivity index (χ0v) is 23.3. The van der Waals surface area contributed by atoms with Crippen LogP contribution in [-0.2, 0) is 29.7 Å². The van der Waals surface area contributed by atoms with Crippen molar-refractivity contribution in [3.63, 3.8) is 0 Å².